The molecule has 0 saturated heterocycles. The molecule has 124 valence electrons. The van der Waals surface area contributed by atoms with E-state index in [1.54, 1.807) is 13.0 Å². The Morgan fingerprint density at radius 1 is 1.22 bits per heavy atom. The van der Waals surface area contributed by atoms with Crippen molar-refractivity contribution in [3.63, 3.8) is 0 Å². The van der Waals surface area contributed by atoms with Crippen molar-refractivity contribution in [2.75, 3.05) is 25.1 Å². The van der Waals surface area contributed by atoms with E-state index >= 15 is 0 Å². The number of nitrogens with one attached hydrogen (secondary N) is 1. The van der Waals surface area contributed by atoms with E-state index in [9.17, 15) is 5.11 Å². The van der Waals surface area contributed by atoms with Crippen LogP contribution >= 0.6 is 11.6 Å². The second-order valence-electron chi connectivity index (χ2n) is 5.00. The maximum Gasteiger partial charge on any atom is 0.191 e. The molecule has 0 fully saturated rings. The van der Waals surface area contributed by atoms with Gasteiger partial charge in [-0.2, -0.15) is 0 Å². The zero-order valence-corrected chi connectivity index (χ0v) is 13.7. The number of aliphatic hydroxyl groups excluding tert-OH is 1. The number of hydrogen-bond donors (Lipinski definition) is 2. The number of hydrogen-bond acceptors (Lipinski definition) is 6. The molecule has 0 spiro atoms. The summed E-state index contributed by atoms with van der Waals surface area (Å²) in [5.41, 5.74) is 1.11. The lowest BCUT2D eigenvalue weighted by Gasteiger charge is -2.13. The van der Waals surface area contributed by atoms with Crippen molar-refractivity contribution in [1.82, 2.24) is 10.2 Å². The van der Waals surface area contributed by atoms with Crippen molar-refractivity contribution in [3.8, 4) is 5.75 Å². The van der Waals surface area contributed by atoms with Crippen LogP contribution in [-0.2, 0) is 11.3 Å². The largest absolute Gasteiger partial charge is 0.487 e. The summed E-state index contributed by atoms with van der Waals surface area (Å²) in [5, 5.41) is 20.2. The van der Waals surface area contributed by atoms with Crippen LogP contribution in [0.5, 0.6) is 5.75 Å². The molecule has 0 radical (unpaired) electrons. The zero-order chi connectivity index (χ0) is 16.5. The van der Waals surface area contributed by atoms with E-state index in [1.165, 1.54) is 0 Å². The molecule has 1 aromatic carbocycles. The van der Waals surface area contributed by atoms with E-state index in [-0.39, 0.29) is 5.15 Å². The monoisotopic (exact) mass is 337 g/mol. The molecule has 7 heteroatoms. The average molecular weight is 338 g/mol. The molecule has 23 heavy (non-hydrogen) atoms. The average Bonchev–Trinajstić information content (AvgIpc) is 2.54. The van der Waals surface area contributed by atoms with Gasteiger partial charge in [0.1, 0.15) is 6.61 Å². The molecule has 1 heterocycles. The molecule has 0 unspecified atom stereocenters. The van der Waals surface area contributed by atoms with Gasteiger partial charge in [-0.05, 0) is 12.5 Å². The summed E-state index contributed by atoms with van der Waals surface area (Å²) in [6.45, 7) is 3.35. The topological polar surface area (TPSA) is 76.5 Å². The standard InChI is InChI=1S/C16H20ClN3O3/c1-12(21)10-18-16-14(9-15(17)19-20-16)23-8-7-22-11-13-5-3-2-4-6-13/h2-6,9,12,21H,7-8,10-11H2,1H3,(H,18,20)/t12-/m1/s1. The van der Waals surface area contributed by atoms with E-state index in [2.05, 4.69) is 15.5 Å². The molecule has 0 saturated carbocycles. The zero-order valence-electron chi connectivity index (χ0n) is 12.9. The second-order valence-corrected chi connectivity index (χ2v) is 5.38. The Kier molecular flexibility index (Phi) is 7.06. The van der Waals surface area contributed by atoms with Crippen molar-refractivity contribution in [3.05, 3.63) is 47.1 Å². The summed E-state index contributed by atoms with van der Waals surface area (Å²) in [6.07, 6.45) is -0.505. The molecule has 0 amide bonds. The van der Waals surface area contributed by atoms with Crippen LogP contribution in [-0.4, -0.2) is 41.2 Å². The lowest BCUT2D eigenvalue weighted by molar-refractivity contribution is 0.0889. The van der Waals surface area contributed by atoms with Gasteiger partial charge in [0.25, 0.3) is 0 Å². The van der Waals surface area contributed by atoms with E-state index in [0.29, 0.717) is 37.9 Å². The van der Waals surface area contributed by atoms with Crippen molar-refractivity contribution in [2.45, 2.75) is 19.6 Å². The molecule has 0 bridgehead atoms. The first-order chi connectivity index (χ1) is 11.1. The van der Waals surface area contributed by atoms with Crippen molar-refractivity contribution < 1.29 is 14.6 Å². The number of rotatable bonds is 9. The highest BCUT2D eigenvalue weighted by molar-refractivity contribution is 6.29. The minimum absolute atomic E-state index is 0.243. The smallest absolute Gasteiger partial charge is 0.191 e. The van der Waals surface area contributed by atoms with Crippen molar-refractivity contribution >= 4 is 17.4 Å². The Balaban J connectivity index is 1.78. The van der Waals surface area contributed by atoms with Gasteiger partial charge in [0, 0.05) is 12.6 Å². The van der Waals surface area contributed by atoms with Crippen LogP contribution < -0.4 is 10.1 Å². The van der Waals surface area contributed by atoms with Gasteiger partial charge >= 0.3 is 0 Å². The SMILES string of the molecule is C[C@@H](O)CNc1nnc(Cl)cc1OCCOCc1ccccc1. The van der Waals surface area contributed by atoms with E-state index in [1.807, 2.05) is 30.3 Å². The number of benzene rings is 1. The highest BCUT2D eigenvalue weighted by atomic mass is 35.5. The van der Waals surface area contributed by atoms with Gasteiger partial charge in [-0.3, -0.25) is 0 Å². The summed E-state index contributed by atoms with van der Waals surface area (Å²) < 4.78 is 11.2. The lowest BCUT2D eigenvalue weighted by atomic mass is 10.2. The lowest BCUT2D eigenvalue weighted by Crippen LogP contribution is -2.17. The van der Waals surface area contributed by atoms with E-state index < -0.39 is 6.10 Å². The molecule has 2 rings (SSSR count). The minimum atomic E-state index is -0.505. The first-order valence-electron chi connectivity index (χ1n) is 7.35. The first-order valence-corrected chi connectivity index (χ1v) is 7.72. The fourth-order valence-electron chi connectivity index (χ4n) is 1.80. The normalized spacial score (nSPS) is 12.0. The molecule has 0 aliphatic carbocycles. The summed E-state index contributed by atoms with van der Waals surface area (Å²) in [7, 11) is 0. The Labute approximate surface area is 140 Å². The number of anilines is 1. The third-order valence-electron chi connectivity index (χ3n) is 2.89. The Morgan fingerprint density at radius 2 is 2.00 bits per heavy atom. The van der Waals surface area contributed by atoms with Crippen molar-refractivity contribution in [1.29, 1.82) is 0 Å². The maximum absolute atomic E-state index is 9.32. The van der Waals surface area contributed by atoms with Gasteiger partial charge in [0.05, 0.1) is 19.3 Å². The van der Waals surface area contributed by atoms with Gasteiger partial charge in [-0.25, -0.2) is 0 Å². The highest BCUT2D eigenvalue weighted by Gasteiger charge is 2.08. The van der Waals surface area contributed by atoms with Crippen LogP contribution in [0.4, 0.5) is 5.82 Å². The van der Waals surface area contributed by atoms with Crippen LogP contribution in [0, 0.1) is 0 Å². The number of nitrogens with zero attached hydrogens (tertiary/aromatic N) is 2. The third-order valence-corrected chi connectivity index (χ3v) is 3.08. The molecule has 6 nitrogen and oxygen atoms in total. The Hall–Kier alpha value is -1.89. The molecular weight excluding hydrogens is 318 g/mol. The van der Waals surface area contributed by atoms with Gasteiger partial charge in [0.2, 0.25) is 0 Å². The number of halogens is 1. The summed E-state index contributed by atoms with van der Waals surface area (Å²) >= 11 is 5.84. The van der Waals surface area contributed by atoms with E-state index in [4.69, 9.17) is 21.1 Å². The van der Waals surface area contributed by atoms with Gasteiger partial charge in [-0.1, -0.05) is 41.9 Å². The maximum atomic E-state index is 9.32. The fourth-order valence-corrected chi connectivity index (χ4v) is 1.94. The van der Waals surface area contributed by atoms with Gasteiger partial charge in [0.15, 0.2) is 16.7 Å². The van der Waals surface area contributed by atoms with Crippen LogP contribution in [0.1, 0.15) is 12.5 Å². The molecule has 1 atom stereocenters. The predicted molar refractivity (Wildman–Crippen MR) is 88.8 cm³/mol. The minimum Gasteiger partial charge on any atom is -0.487 e. The van der Waals surface area contributed by atoms with Crippen LogP contribution in [0.3, 0.4) is 0 Å². The number of ether oxygens (including phenoxy) is 2. The summed E-state index contributed by atoms with van der Waals surface area (Å²) in [4.78, 5) is 0. The second kappa shape index (κ2) is 9.29. The van der Waals surface area contributed by atoms with Gasteiger partial charge < -0.3 is 19.9 Å². The molecule has 2 aromatic rings. The first kappa shape index (κ1) is 17.5. The van der Waals surface area contributed by atoms with E-state index in [0.717, 1.165) is 5.56 Å². The molecule has 2 N–H and O–H groups in total. The van der Waals surface area contributed by atoms with Crippen LogP contribution in [0.25, 0.3) is 0 Å². The third kappa shape index (κ3) is 6.40. The highest BCUT2D eigenvalue weighted by Crippen LogP contribution is 2.23. The van der Waals surface area contributed by atoms with Crippen molar-refractivity contribution in [2.24, 2.45) is 0 Å². The van der Waals surface area contributed by atoms with Crippen LogP contribution in [0.2, 0.25) is 5.15 Å². The molecule has 1 aromatic heterocycles. The quantitative estimate of drug-likeness (QED) is 0.685. The van der Waals surface area contributed by atoms with Gasteiger partial charge in [-0.15, -0.1) is 10.2 Å². The molecule has 0 aliphatic rings. The summed E-state index contributed by atoms with van der Waals surface area (Å²) in [5.74, 6) is 0.923. The number of aromatic nitrogens is 2. The Bertz CT molecular complexity index is 596. The Morgan fingerprint density at radius 3 is 2.74 bits per heavy atom. The molecular formula is C16H20ClN3O3. The number of aliphatic hydroxyl groups is 1. The predicted octanol–water partition coefficient (Wildman–Crippen LogP) is 2.52. The summed E-state index contributed by atoms with van der Waals surface area (Å²) in [6, 6.07) is 11.5. The fraction of sp³-hybridized carbons (Fsp3) is 0.375. The van der Waals surface area contributed by atoms with Crippen LogP contribution in [0.15, 0.2) is 36.4 Å². The molecule has 0 aliphatic heterocycles.